The molecule has 21 heavy (non-hydrogen) atoms. The zero-order valence-corrected chi connectivity index (χ0v) is 13.8. The molecule has 112 valence electrons. The first kappa shape index (κ1) is 16.3. The highest BCUT2D eigenvalue weighted by molar-refractivity contribution is 6.36. The monoisotopic (exact) mass is 325 g/mol. The molecule has 2 aromatic carbocycles. The average molecular weight is 326 g/mol. The molecule has 0 aliphatic rings. The standard InChI is InChI=1S/C17H18Cl2FN/c1-10-6-4-5-7-13(10)11(2)21-12(3)16-14(18)8-9-15(20)17(16)19/h4-9,11-12,21H,1-3H3. The van der Waals surface area contributed by atoms with Gasteiger partial charge in [0.05, 0.1) is 5.02 Å². The van der Waals surface area contributed by atoms with E-state index >= 15 is 0 Å². The highest BCUT2D eigenvalue weighted by Gasteiger charge is 2.19. The maximum atomic E-state index is 13.6. The van der Waals surface area contributed by atoms with Gasteiger partial charge in [0.15, 0.2) is 0 Å². The Bertz CT molecular complexity index is 643. The van der Waals surface area contributed by atoms with Gasteiger partial charge in [0.2, 0.25) is 0 Å². The zero-order chi connectivity index (χ0) is 15.6. The van der Waals surface area contributed by atoms with E-state index in [9.17, 15) is 4.39 Å². The van der Waals surface area contributed by atoms with Gasteiger partial charge in [0.25, 0.3) is 0 Å². The largest absolute Gasteiger partial charge is 0.304 e. The van der Waals surface area contributed by atoms with Crippen molar-refractivity contribution in [3.05, 3.63) is 69.0 Å². The third-order valence-corrected chi connectivity index (χ3v) is 4.38. The molecule has 4 heteroatoms. The number of hydrogen-bond acceptors (Lipinski definition) is 1. The van der Waals surface area contributed by atoms with Gasteiger partial charge >= 0.3 is 0 Å². The molecule has 0 aliphatic heterocycles. The first-order valence-corrected chi connectivity index (χ1v) is 7.62. The van der Waals surface area contributed by atoms with E-state index in [1.807, 2.05) is 19.1 Å². The zero-order valence-electron chi connectivity index (χ0n) is 12.3. The van der Waals surface area contributed by atoms with Crippen molar-refractivity contribution in [2.75, 3.05) is 0 Å². The second kappa shape index (κ2) is 6.78. The highest BCUT2D eigenvalue weighted by atomic mass is 35.5. The first-order valence-electron chi connectivity index (χ1n) is 6.86. The lowest BCUT2D eigenvalue weighted by atomic mass is 10.0. The Kier molecular flexibility index (Phi) is 5.26. The number of halogens is 3. The van der Waals surface area contributed by atoms with E-state index < -0.39 is 5.82 Å². The third-order valence-electron chi connectivity index (χ3n) is 3.67. The Morgan fingerprint density at radius 3 is 2.33 bits per heavy atom. The van der Waals surface area contributed by atoms with E-state index in [0.29, 0.717) is 10.6 Å². The molecule has 0 aliphatic carbocycles. The first-order chi connectivity index (χ1) is 9.91. The van der Waals surface area contributed by atoms with Crippen molar-refractivity contribution >= 4 is 23.2 Å². The van der Waals surface area contributed by atoms with Gasteiger partial charge < -0.3 is 5.32 Å². The van der Waals surface area contributed by atoms with Gasteiger partial charge in [-0.1, -0.05) is 47.5 Å². The molecule has 2 unspecified atom stereocenters. The molecular weight excluding hydrogens is 308 g/mol. The third kappa shape index (κ3) is 3.57. The van der Waals surface area contributed by atoms with Gasteiger partial charge in [-0.3, -0.25) is 0 Å². The van der Waals surface area contributed by atoms with Gasteiger partial charge in [-0.2, -0.15) is 0 Å². The van der Waals surface area contributed by atoms with Crippen LogP contribution >= 0.6 is 23.2 Å². The summed E-state index contributed by atoms with van der Waals surface area (Å²) in [6, 6.07) is 10.9. The van der Waals surface area contributed by atoms with Crippen molar-refractivity contribution in [1.29, 1.82) is 0 Å². The van der Waals surface area contributed by atoms with E-state index in [4.69, 9.17) is 23.2 Å². The molecule has 0 fully saturated rings. The maximum absolute atomic E-state index is 13.6. The molecule has 0 heterocycles. The molecule has 0 saturated heterocycles. The smallest absolute Gasteiger partial charge is 0.142 e. The molecule has 2 aromatic rings. The van der Waals surface area contributed by atoms with E-state index in [2.05, 4.69) is 31.3 Å². The van der Waals surface area contributed by atoms with Crippen molar-refractivity contribution in [3.63, 3.8) is 0 Å². The Balaban J connectivity index is 2.25. The summed E-state index contributed by atoms with van der Waals surface area (Å²) in [7, 11) is 0. The van der Waals surface area contributed by atoms with Gasteiger partial charge in [0, 0.05) is 22.7 Å². The van der Waals surface area contributed by atoms with Gasteiger partial charge in [-0.15, -0.1) is 0 Å². The summed E-state index contributed by atoms with van der Waals surface area (Å²) in [5, 5.41) is 3.98. The summed E-state index contributed by atoms with van der Waals surface area (Å²) in [5.41, 5.74) is 3.01. The molecule has 0 radical (unpaired) electrons. The van der Waals surface area contributed by atoms with Crippen LogP contribution in [-0.4, -0.2) is 0 Å². The van der Waals surface area contributed by atoms with Crippen LogP contribution in [0, 0.1) is 12.7 Å². The van der Waals surface area contributed by atoms with Crippen LogP contribution in [0.15, 0.2) is 36.4 Å². The fraction of sp³-hybridized carbons (Fsp3) is 0.294. The van der Waals surface area contributed by atoms with Crippen LogP contribution in [0.2, 0.25) is 10.0 Å². The van der Waals surface area contributed by atoms with Crippen molar-refractivity contribution in [1.82, 2.24) is 5.32 Å². The number of aryl methyl sites for hydroxylation is 1. The average Bonchev–Trinajstić information content (AvgIpc) is 2.43. The fourth-order valence-corrected chi connectivity index (χ4v) is 3.26. The lowest BCUT2D eigenvalue weighted by Crippen LogP contribution is -2.23. The maximum Gasteiger partial charge on any atom is 0.142 e. The molecule has 0 spiro atoms. The second-order valence-corrected chi connectivity index (χ2v) is 6.01. The Morgan fingerprint density at radius 1 is 1.00 bits per heavy atom. The van der Waals surface area contributed by atoms with Crippen LogP contribution in [0.3, 0.4) is 0 Å². The Morgan fingerprint density at radius 2 is 1.67 bits per heavy atom. The van der Waals surface area contributed by atoms with Crippen molar-refractivity contribution in [2.45, 2.75) is 32.9 Å². The lowest BCUT2D eigenvalue weighted by molar-refractivity contribution is 0.491. The van der Waals surface area contributed by atoms with E-state index in [1.54, 1.807) is 0 Å². The van der Waals surface area contributed by atoms with Crippen LogP contribution in [0.25, 0.3) is 0 Å². The SMILES string of the molecule is Cc1ccccc1C(C)NC(C)c1c(Cl)ccc(F)c1Cl. The second-order valence-electron chi connectivity index (χ2n) is 5.22. The summed E-state index contributed by atoms with van der Waals surface area (Å²) >= 11 is 12.2. The number of hydrogen-bond donors (Lipinski definition) is 1. The van der Waals surface area contributed by atoms with Crippen molar-refractivity contribution in [2.24, 2.45) is 0 Å². The molecule has 2 atom stereocenters. The minimum Gasteiger partial charge on any atom is -0.304 e. The van der Waals surface area contributed by atoms with Gasteiger partial charge in [-0.25, -0.2) is 4.39 Å². The number of benzene rings is 2. The summed E-state index contributed by atoms with van der Waals surface area (Å²) in [5.74, 6) is -0.451. The van der Waals surface area contributed by atoms with Gasteiger partial charge in [0.1, 0.15) is 5.82 Å². The quantitative estimate of drug-likeness (QED) is 0.695. The summed E-state index contributed by atoms with van der Waals surface area (Å²) in [6.45, 7) is 6.07. The predicted molar refractivity (Wildman–Crippen MR) is 87.6 cm³/mol. The van der Waals surface area contributed by atoms with Crippen LogP contribution < -0.4 is 5.32 Å². The fourth-order valence-electron chi connectivity index (χ4n) is 2.56. The molecule has 0 aromatic heterocycles. The molecule has 0 amide bonds. The summed E-state index contributed by atoms with van der Waals surface area (Å²) in [4.78, 5) is 0. The predicted octanol–water partition coefficient (Wildman–Crippen LogP) is 5.85. The molecule has 0 saturated carbocycles. The Hall–Kier alpha value is -1.09. The number of nitrogens with one attached hydrogen (secondary N) is 1. The molecular formula is C17H18Cl2FN. The highest BCUT2D eigenvalue weighted by Crippen LogP contribution is 2.33. The Labute approximate surface area is 135 Å². The van der Waals surface area contributed by atoms with Crippen molar-refractivity contribution in [3.8, 4) is 0 Å². The lowest BCUT2D eigenvalue weighted by Gasteiger charge is -2.23. The molecule has 2 rings (SSSR count). The van der Waals surface area contributed by atoms with Crippen LogP contribution in [0.4, 0.5) is 4.39 Å². The summed E-state index contributed by atoms with van der Waals surface area (Å²) in [6.07, 6.45) is 0. The normalized spacial score (nSPS) is 14.0. The van der Waals surface area contributed by atoms with Crippen LogP contribution in [0.1, 0.15) is 42.6 Å². The van der Waals surface area contributed by atoms with Crippen LogP contribution in [-0.2, 0) is 0 Å². The topological polar surface area (TPSA) is 12.0 Å². The van der Waals surface area contributed by atoms with E-state index in [-0.39, 0.29) is 17.1 Å². The molecule has 1 N–H and O–H groups in total. The minimum absolute atomic E-state index is 0.0829. The van der Waals surface area contributed by atoms with E-state index in [1.165, 1.54) is 23.3 Å². The van der Waals surface area contributed by atoms with Crippen LogP contribution in [0.5, 0.6) is 0 Å². The van der Waals surface area contributed by atoms with E-state index in [0.717, 1.165) is 0 Å². The molecule has 1 nitrogen and oxygen atoms in total. The molecule has 0 bridgehead atoms. The number of rotatable bonds is 4. The summed E-state index contributed by atoms with van der Waals surface area (Å²) < 4.78 is 13.6. The minimum atomic E-state index is -0.451. The van der Waals surface area contributed by atoms with Gasteiger partial charge in [-0.05, 0) is 44.0 Å². The van der Waals surface area contributed by atoms with Crippen molar-refractivity contribution < 1.29 is 4.39 Å².